The molecular formula is C22H15F2NO2. The highest BCUT2D eigenvalue weighted by Gasteiger charge is 2.08. The van der Waals surface area contributed by atoms with E-state index in [4.69, 9.17) is 4.42 Å². The molecule has 3 aromatic carbocycles. The minimum Gasteiger partial charge on any atom is -0.437 e. The zero-order chi connectivity index (χ0) is 18.6. The van der Waals surface area contributed by atoms with Crippen LogP contribution >= 0.6 is 0 Å². The van der Waals surface area contributed by atoms with Crippen molar-refractivity contribution in [2.75, 3.05) is 0 Å². The molecule has 5 heteroatoms. The third kappa shape index (κ3) is 3.87. The number of oxazole rings is 1. The molecular weight excluding hydrogens is 348 g/mol. The Hall–Kier alpha value is -3.47. The third-order valence-electron chi connectivity index (χ3n) is 4.05. The van der Waals surface area contributed by atoms with Gasteiger partial charge >= 0.3 is 6.61 Å². The van der Waals surface area contributed by atoms with Crippen LogP contribution in [-0.2, 0) is 0 Å². The lowest BCUT2D eigenvalue weighted by molar-refractivity contribution is -0.0499. The van der Waals surface area contributed by atoms with E-state index in [0.717, 1.165) is 16.6 Å². The van der Waals surface area contributed by atoms with Crippen LogP contribution in [0.25, 0.3) is 34.4 Å². The predicted molar refractivity (Wildman–Crippen MR) is 101 cm³/mol. The molecule has 0 fully saturated rings. The minimum absolute atomic E-state index is 0.103. The number of ether oxygens (including phenoxy) is 1. The first-order valence-electron chi connectivity index (χ1n) is 8.37. The number of hydrogen-bond acceptors (Lipinski definition) is 3. The highest BCUT2D eigenvalue weighted by molar-refractivity contribution is 5.82. The van der Waals surface area contributed by atoms with Gasteiger partial charge in [-0.3, -0.25) is 0 Å². The van der Waals surface area contributed by atoms with E-state index in [9.17, 15) is 8.78 Å². The second kappa shape index (κ2) is 7.41. The second-order valence-electron chi connectivity index (χ2n) is 5.85. The first kappa shape index (κ1) is 17.0. The first-order valence-corrected chi connectivity index (χ1v) is 8.37. The molecule has 0 saturated heterocycles. The van der Waals surface area contributed by atoms with Crippen LogP contribution < -0.4 is 4.74 Å². The number of fused-ring (bicyclic) bond motifs is 1. The van der Waals surface area contributed by atoms with Gasteiger partial charge in [-0.2, -0.15) is 8.78 Å². The van der Waals surface area contributed by atoms with E-state index in [1.807, 2.05) is 48.5 Å². The molecule has 3 nitrogen and oxygen atoms in total. The van der Waals surface area contributed by atoms with E-state index in [0.29, 0.717) is 17.0 Å². The number of aromatic nitrogens is 1. The van der Waals surface area contributed by atoms with E-state index >= 15 is 0 Å². The van der Waals surface area contributed by atoms with Crippen molar-refractivity contribution in [2.24, 2.45) is 0 Å². The Balaban J connectivity index is 1.63. The Morgan fingerprint density at radius 1 is 0.852 bits per heavy atom. The molecule has 0 aliphatic rings. The lowest BCUT2D eigenvalue weighted by atomic mass is 10.1. The third-order valence-corrected chi connectivity index (χ3v) is 4.05. The molecule has 0 aliphatic heterocycles. The Morgan fingerprint density at radius 3 is 2.44 bits per heavy atom. The molecule has 1 heterocycles. The summed E-state index contributed by atoms with van der Waals surface area (Å²) in [5.74, 6) is 0.494. The quantitative estimate of drug-likeness (QED) is 0.419. The van der Waals surface area contributed by atoms with Crippen LogP contribution in [0.4, 0.5) is 8.78 Å². The first-order chi connectivity index (χ1) is 13.2. The van der Waals surface area contributed by atoms with Crippen molar-refractivity contribution in [1.82, 2.24) is 4.98 Å². The predicted octanol–water partition coefficient (Wildman–Crippen LogP) is 6.27. The molecule has 0 saturated carbocycles. The zero-order valence-electron chi connectivity index (χ0n) is 14.2. The average molecular weight is 363 g/mol. The van der Waals surface area contributed by atoms with Crippen molar-refractivity contribution in [3.8, 4) is 16.9 Å². The maximum absolute atomic E-state index is 12.5. The number of rotatable bonds is 5. The summed E-state index contributed by atoms with van der Waals surface area (Å²) < 4.78 is 35.2. The van der Waals surface area contributed by atoms with Crippen molar-refractivity contribution in [3.63, 3.8) is 0 Å². The number of halogens is 2. The summed E-state index contributed by atoms with van der Waals surface area (Å²) in [6, 6.07) is 22.4. The van der Waals surface area contributed by atoms with Crippen molar-refractivity contribution < 1.29 is 17.9 Å². The largest absolute Gasteiger partial charge is 0.437 e. The Kier molecular flexibility index (Phi) is 4.66. The zero-order valence-corrected chi connectivity index (χ0v) is 14.2. The summed E-state index contributed by atoms with van der Waals surface area (Å²) in [6.45, 7) is -2.87. The van der Waals surface area contributed by atoms with Gasteiger partial charge in [-0.25, -0.2) is 4.98 Å². The minimum atomic E-state index is -2.87. The Morgan fingerprint density at radius 2 is 1.63 bits per heavy atom. The molecule has 134 valence electrons. The molecule has 1 aromatic heterocycles. The van der Waals surface area contributed by atoms with Crippen molar-refractivity contribution in [2.45, 2.75) is 6.61 Å². The Bertz CT molecular complexity index is 1090. The van der Waals surface area contributed by atoms with Gasteiger partial charge in [-0.15, -0.1) is 0 Å². The molecule has 0 amide bonds. The fourth-order valence-electron chi connectivity index (χ4n) is 2.81. The topological polar surface area (TPSA) is 35.3 Å². The van der Waals surface area contributed by atoms with E-state index in [1.165, 1.54) is 6.07 Å². The fraction of sp³-hybridized carbons (Fsp3) is 0.0455. The summed E-state index contributed by atoms with van der Waals surface area (Å²) in [5.41, 5.74) is 4.05. The standard InChI is InChI=1S/C22H15F2NO2/c23-22(24)27-19-9-5-4-8-16(19)11-13-21-25-18-14-17(10-12-20(18)26-21)15-6-2-1-3-7-15/h1-14,22H/b13-11+. The van der Waals surface area contributed by atoms with Crippen LogP contribution in [0.3, 0.4) is 0 Å². The lowest BCUT2D eigenvalue weighted by Gasteiger charge is -2.06. The molecule has 0 radical (unpaired) electrons. The number of nitrogens with zero attached hydrogens (tertiary/aromatic N) is 1. The van der Waals surface area contributed by atoms with Crippen LogP contribution in [0.5, 0.6) is 5.75 Å². The van der Waals surface area contributed by atoms with E-state index in [2.05, 4.69) is 9.72 Å². The van der Waals surface area contributed by atoms with Gasteiger partial charge in [0.15, 0.2) is 5.58 Å². The van der Waals surface area contributed by atoms with Gasteiger partial charge in [0.2, 0.25) is 5.89 Å². The summed E-state index contributed by atoms with van der Waals surface area (Å²) in [6.07, 6.45) is 3.27. The smallest absolute Gasteiger partial charge is 0.387 e. The van der Waals surface area contributed by atoms with E-state index in [-0.39, 0.29) is 5.75 Å². The number of benzene rings is 3. The molecule has 4 rings (SSSR count). The molecule has 4 aromatic rings. The van der Waals surface area contributed by atoms with Gasteiger partial charge < -0.3 is 9.15 Å². The van der Waals surface area contributed by atoms with Crippen molar-refractivity contribution >= 4 is 23.3 Å². The lowest BCUT2D eigenvalue weighted by Crippen LogP contribution is -2.02. The highest BCUT2D eigenvalue weighted by atomic mass is 19.3. The fourth-order valence-corrected chi connectivity index (χ4v) is 2.81. The van der Waals surface area contributed by atoms with Gasteiger partial charge in [0.1, 0.15) is 11.3 Å². The maximum Gasteiger partial charge on any atom is 0.387 e. The number of para-hydroxylation sites is 1. The number of hydrogen-bond donors (Lipinski definition) is 0. The van der Waals surface area contributed by atoms with E-state index < -0.39 is 6.61 Å². The van der Waals surface area contributed by atoms with Crippen LogP contribution in [-0.4, -0.2) is 11.6 Å². The molecule has 0 N–H and O–H groups in total. The summed E-state index contributed by atoms with van der Waals surface area (Å²) in [5, 5.41) is 0. The van der Waals surface area contributed by atoms with Crippen LogP contribution in [0.15, 0.2) is 77.2 Å². The molecule has 0 aliphatic carbocycles. The summed E-state index contributed by atoms with van der Waals surface area (Å²) in [4.78, 5) is 4.46. The van der Waals surface area contributed by atoms with Gasteiger partial charge in [0.05, 0.1) is 0 Å². The second-order valence-corrected chi connectivity index (χ2v) is 5.85. The van der Waals surface area contributed by atoms with Gasteiger partial charge in [-0.1, -0.05) is 54.6 Å². The summed E-state index contributed by atoms with van der Waals surface area (Å²) in [7, 11) is 0. The average Bonchev–Trinajstić information content (AvgIpc) is 3.09. The Labute approximate surface area is 154 Å². The maximum atomic E-state index is 12.5. The van der Waals surface area contributed by atoms with Gasteiger partial charge in [-0.05, 0) is 35.4 Å². The highest BCUT2D eigenvalue weighted by Crippen LogP contribution is 2.26. The molecule has 0 atom stereocenters. The molecule has 0 unspecified atom stereocenters. The van der Waals surface area contributed by atoms with E-state index in [1.54, 1.807) is 30.4 Å². The van der Waals surface area contributed by atoms with Gasteiger partial charge in [0, 0.05) is 11.6 Å². The van der Waals surface area contributed by atoms with Crippen LogP contribution in [0.2, 0.25) is 0 Å². The van der Waals surface area contributed by atoms with Crippen molar-refractivity contribution in [1.29, 1.82) is 0 Å². The monoisotopic (exact) mass is 363 g/mol. The number of alkyl halides is 2. The molecule has 27 heavy (non-hydrogen) atoms. The van der Waals surface area contributed by atoms with Crippen LogP contribution in [0.1, 0.15) is 11.5 Å². The van der Waals surface area contributed by atoms with Gasteiger partial charge in [0.25, 0.3) is 0 Å². The molecule has 0 bridgehead atoms. The molecule has 0 spiro atoms. The van der Waals surface area contributed by atoms with Crippen LogP contribution in [0, 0.1) is 0 Å². The summed E-state index contributed by atoms with van der Waals surface area (Å²) >= 11 is 0. The van der Waals surface area contributed by atoms with Crippen molar-refractivity contribution in [3.05, 3.63) is 84.3 Å². The SMILES string of the molecule is FC(F)Oc1ccccc1/C=C/c1nc2cc(-c3ccccc3)ccc2o1. The normalized spacial score (nSPS) is 11.5.